The maximum atomic E-state index is 12.6. The number of aliphatic hydroxyl groups is 1. The molecule has 0 saturated heterocycles. The molecule has 0 saturated carbocycles. The molecule has 0 aliphatic heterocycles. The Hall–Kier alpha value is -1.13. The van der Waals surface area contributed by atoms with E-state index in [0.717, 1.165) is 6.07 Å². The maximum Gasteiger partial charge on any atom is 0.126 e. The predicted molar refractivity (Wildman–Crippen MR) is 51.3 cm³/mol. The van der Waals surface area contributed by atoms with E-state index >= 15 is 0 Å². The van der Waals surface area contributed by atoms with Crippen molar-refractivity contribution in [2.75, 3.05) is 6.61 Å². The molecular weight excluding hydrogens is 185 g/mol. The monoisotopic (exact) mass is 199 g/mol. The van der Waals surface area contributed by atoms with Gasteiger partial charge in [-0.1, -0.05) is 6.07 Å². The second-order valence-corrected chi connectivity index (χ2v) is 3.18. The Balaban J connectivity index is 2.74. The number of phenolic OH excluding ortho intramolecular Hbond substituents is 1. The minimum absolute atomic E-state index is 0.0651. The summed E-state index contributed by atoms with van der Waals surface area (Å²) in [6, 6.07) is 3.40. The molecule has 0 aliphatic rings. The Labute approximate surface area is 82.0 Å². The fraction of sp³-hybridized carbons (Fsp3) is 0.400. The molecular formula is C10H14FNO2. The van der Waals surface area contributed by atoms with Crippen molar-refractivity contribution in [1.82, 2.24) is 0 Å². The van der Waals surface area contributed by atoms with Crippen molar-refractivity contribution in [2.24, 2.45) is 5.73 Å². The molecule has 1 atom stereocenters. The summed E-state index contributed by atoms with van der Waals surface area (Å²) >= 11 is 0. The van der Waals surface area contributed by atoms with Crippen LogP contribution in [0.3, 0.4) is 0 Å². The van der Waals surface area contributed by atoms with Crippen LogP contribution in [0.2, 0.25) is 0 Å². The van der Waals surface area contributed by atoms with Crippen molar-refractivity contribution in [1.29, 1.82) is 0 Å². The summed E-state index contributed by atoms with van der Waals surface area (Å²) in [4.78, 5) is 0. The van der Waals surface area contributed by atoms with Gasteiger partial charge in [-0.15, -0.1) is 0 Å². The van der Waals surface area contributed by atoms with Gasteiger partial charge in [0, 0.05) is 24.3 Å². The molecule has 0 spiro atoms. The highest BCUT2D eigenvalue weighted by Gasteiger charge is 2.10. The summed E-state index contributed by atoms with van der Waals surface area (Å²) in [5.41, 5.74) is 6.25. The largest absolute Gasteiger partial charge is 0.508 e. The van der Waals surface area contributed by atoms with Gasteiger partial charge in [-0.3, -0.25) is 0 Å². The third-order valence-electron chi connectivity index (χ3n) is 2.07. The third kappa shape index (κ3) is 2.68. The topological polar surface area (TPSA) is 66.5 Å². The first-order valence-corrected chi connectivity index (χ1v) is 4.50. The summed E-state index contributed by atoms with van der Waals surface area (Å²) in [7, 11) is 0. The number of aromatic hydroxyl groups is 1. The molecule has 3 nitrogen and oxygen atoms in total. The lowest BCUT2D eigenvalue weighted by Crippen LogP contribution is -2.11. The van der Waals surface area contributed by atoms with Crippen LogP contribution in [0.15, 0.2) is 18.2 Å². The number of rotatable bonds is 4. The molecule has 1 rings (SSSR count). The first-order valence-electron chi connectivity index (χ1n) is 4.50. The molecule has 0 unspecified atom stereocenters. The number of hydrogen-bond acceptors (Lipinski definition) is 3. The molecule has 0 heterocycles. The molecule has 0 fully saturated rings. The van der Waals surface area contributed by atoms with Gasteiger partial charge in [0.25, 0.3) is 0 Å². The highest BCUT2D eigenvalue weighted by Crippen LogP contribution is 2.25. The number of benzene rings is 1. The lowest BCUT2D eigenvalue weighted by Gasteiger charge is -2.12. The highest BCUT2D eigenvalue weighted by molar-refractivity contribution is 5.34. The van der Waals surface area contributed by atoms with E-state index in [1.165, 1.54) is 12.1 Å². The molecule has 0 radical (unpaired) electrons. The molecule has 4 heteroatoms. The van der Waals surface area contributed by atoms with E-state index in [1.54, 1.807) is 0 Å². The SMILES string of the molecule is N[C@H](CCCO)c1ccc(F)cc1O. The second-order valence-electron chi connectivity index (χ2n) is 3.18. The van der Waals surface area contributed by atoms with Crippen LogP contribution in [-0.4, -0.2) is 16.8 Å². The fourth-order valence-electron chi connectivity index (χ4n) is 1.30. The molecule has 0 amide bonds. The summed E-state index contributed by atoms with van der Waals surface area (Å²) in [5.74, 6) is -0.615. The number of phenols is 1. The number of aliphatic hydroxyl groups excluding tert-OH is 1. The minimum Gasteiger partial charge on any atom is -0.508 e. The third-order valence-corrected chi connectivity index (χ3v) is 2.07. The standard InChI is InChI=1S/C10H14FNO2/c11-7-3-4-8(10(14)6-7)9(12)2-1-5-13/h3-4,6,9,13-14H,1-2,5,12H2/t9-/m1/s1. The summed E-state index contributed by atoms with van der Waals surface area (Å²) in [6.07, 6.45) is 1.13. The Bertz CT molecular complexity index is 304. The van der Waals surface area contributed by atoms with Gasteiger partial charge < -0.3 is 15.9 Å². The normalized spacial score (nSPS) is 12.8. The van der Waals surface area contributed by atoms with E-state index in [1.807, 2.05) is 0 Å². The van der Waals surface area contributed by atoms with Crippen LogP contribution in [0.1, 0.15) is 24.4 Å². The van der Waals surface area contributed by atoms with Crippen LogP contribution in [0.25, 0.3) is 0 Å². The van der Waals surface area contributed by atoms with Crippen molar-refractivity contribution >= 4 is 0 Å². The first kappa shape index (κ1) is 10.9. The molecule has 0 aliphatic carbocycles. The van der Waals surface area contributed by atoms with Crippen molar-refractivity contribution in [3.8, 4) is 5.75 Å². The van der Waals surface area contributed by atoms with E-state index in [4.69, 9.17) is 10.8 Å². The van der Waals surface area contributed by atoms with Gasteiger partial charge in [0.1, 0.15) is 11.6 Å². The summed E-state index contributed by atoms with van der Waals surface area (Å²) in [5, 5.41) is 18.0. The average Bonchev–Trinajstić information content (AvgIpc) is 2.14. The van der Waals surface area contributed by atoms with Gasteiger partial charge >= 0.3 is 0 Å². The van der Waals surface area contributed by atoms with E-state index < -0.39 is 5.82 Å². The lowest BCUT2D eigenvalue weighted by atomic mass is 10.0. The van der Waals surface area contributed by atoms with Gasteiger partial charge in [0.2, 0.25) is 0 Å². The quantitative estimate of drug-likeness (QED) is 0.684. The molecule has 1 aromatic carbocycles. The first-order chi connectivity index (χ1) is 6.65. The highest BCUT2D eigenvalue weighted by atomic mass is 19.1. The minimum atomic E-state index is -0.486. The average molecular weight is 199 g/mol. The smallest absolute Gasteiger partial charge is 0.126 e. The molecule has 0 aromatic heterocycles. The number of nitrogens with two attached hydrogens (primary N) is 1. The van der Waals surface area contributed by atoms with E-state index in [9.17, 15) is 9.50 Å². The molecule has 4 N–H and O–H groups in total. The van der Waals surface area contributed by atoms with Crippen LogP contribution in [0, 0.1) is 5.82 Å². The number of hydrogen-bond donors (Lipinski definition) is 3. The zero-order chi connectivity index (χ0) is 10.6. The van der Waals surface area contributed by atoms with Gasteiger partial charge in [-0.25, -0.2) is 4.39 Å². The number of halogens is 1. The Kier molecular flexibility index (Phi) is 3.85. The van der Waals surface area contributed by atoms with Gasteiger partial charge in [-0.2, -0.15) is 0 Å². The summed E-state index contributed by atoms with van der Waals surface area (Å²) < 4.78 is 12.6. The molecule has 1 aromatic rings. The zero-order valence-corrected chi connectivity index (χ0v) is 7.78. The molecule has 14 heavy (non-hydrogen) atoms. The van der Waals surface area contributed by atoms with Crippen molar-refractivity contribution < 1.29 is 14.6 Å². The Morgan fingerprint density at radius 3 is 2.71 bits per heavy atom. The summed E-state index contributed by atoms with van der Waals surface area (Å²) in [6.45, 7) is 0.0651. The van der Waals surface area contributed by atoms with Crippen molar-refractivity contribution in [2.45, 2.75) is 18.9 Å². The van der Waals surface area contributed by atoms with E-state index in [2.05, 4.69) is 0 Å². The van der Waals surface area contributed by atoms with Gasteiger partial charge in [-0.05, 0) is 18.9 Å². The zero-order valence-electron chi connectivity index (χ0n) is 7.78. The molecule has 78 valence electrons. The van der Waals surface area contributed by atoms with E-state index in [0.29, 0.717) is 18.4 Å². The van der Waals surface area contributed by atoms with E-state index in [-0.39, 0.29) is 18.4 Å². The van der Waals surface area contributed by atoms with Crippen LogP contribution in [-0.2, 0) is 0 Å². The van der Waals surface area contributed by atoms with Crippen LogP contribution in [0.5, 0.6) is 5.75 Å². The fourth-order valence-corrected chi connectivity index (χ4v) is 1.30. The Morgan fingerprint density at radius 1 is 1.43 bits per heavy atom. The predicted octanol–water partition coefficient (Wildman–Crippen LogP) is 1.30. The van der Waals surface area contributed by atoms with Crippen molar-refractivity contribution in [3.63, 3.8) is 0 Å². The Morgan fingerprint density at radius 2 is 2.14 bits per heavy atom. The lowest BCUT2D eigenvalue weighted by molar-refractivity contribution is 0.279. The van der Waals surface area contributed by atoms with Crippen LogP contribution >= 0.6 is 0 Å². The van der Waals surface area contributed by atoms with Gasteiger partial charge in [0.05, 0.1) is 0 Å². The van der Waals surface area contributed by atoms with Gasteiger partial charge in [0.15, 0.2) is 0 Å². The van der Waals surface area contributed by atoms with Crippen molar-refractivity contribution in [3.05, 3.63) is 29.6 Å². The second kappa shape index (κ2) is 4.93. The van der Waals surface area contributed by atoms with Crippen LogP contribution in [0.4, 0.5) is 4.39 Å². The van der Waals surface area contributed by atoms with Crippen LogP contribution < -0.4 is 5.73 Å². The maximum absolute atomic E-state index is 12.6. The molecule has 0 bridgehead atoms.